The van der Waals surface area contributed by atoms with E-state index in [-0.39, 0.29) is 23.8 Å². The predicted molar refractivity (Wildman–Crippen MR) is 110 cm³/mol. The van der Waals surface area contributed by atoms with Gasteiger partial charge in [0.2, 0.25) is 11.8 Å². The van der Waals surface area contributed by atoms with E-state index in [0.29, 0.717) is 36.5 Å². The van der Waals surface area contributed by atoms with Gasteiger partial charge in [-0.3, -0.25) is 9.59 Å². The monoisotopic (exact) mass is 396 g/mol. The SMILES string of the molecule is COc1ccc(NC(=O)CCc2ccc(C(=O)O)cc2)cc1N1CCCCC1=O. The van der Waals surface area contributed by atoms with Crippen LogP contribution >= 0.6 is 0 Å². The topological polar surface area (TPSA) is 95.9 Å². The molecule has 7 nitrogen and oxygen atoms in total. The number of carbonyl (C=O) groups excluding carboxylic acids is 2. The number of carboxylic acid groups (broad SMARTS) is 1. The minimum atomic E-state index is -0.975. The second kappa shape index (κ2) is 9.23. The van der Waals surface area contributed by atoms with Gasteiger partial charge in [0.25, 0.3) is 0 Å². The third-order valence-corrected chi connectivity index (χ3v) is 4.92. The molecule has 2 N–H and O–H groups in total. The highest BCUT2D eigenvalue weighted by atomic mass is 16.5. The van der Waals surface area contributed by atoms with Crippen LogP contribution in [0.2, 0.25) is 0 Å². The third-order valence-electron chi connectivity index (χ3n) is 4.92. The first kappa shape index (κ1) is 20.4. The van der Waals surface area contributed by atoms with E-state index in [1.54, 1.807) is 42.3 Å². The number of amides is 2. The lowest BCUT2D eigenvalue weighted by atomic mass is 10.1. The average molecular weight is 396 g/mol. The molecule has 2 aromatic carbocycles. The van der Waals surface area contributed by atoms with Gasteiger partial charge in [-0.2, -0.15) is 0 Å². The summed E-state index contributed by atoms with van der Waals surface area (Å²) >= 11 is 0. The molecule has 1 saturated heterocycles. The third kappa shape index (κ3) is 5.13. The van der Waals surface area contributed by atoms with E-state index >= 15 is 0 Å². The van der Waals surface area contributed by atoms with Crippen LogP contribution in [-0.2, 0) is 16.0 Å². The number of hydrogen-bond donors (Lipinski definition) is 2. The number of benzene rings is 2. The van der Waals surface area contributed by atoms with Crippen molar-refractivity contribution in [2.75, 3.05) is 23.9 Å². The highest BCUT2D eigenvalue weighted by molar-refractivity contribution is 5.97. The summed E-state index contributed by atoms with van der Waals surface area (Å²) in [6.07, 6.45) is 3.10. The summed E-state index contributed by atoms with van der Waals surface area (Å²) in [6.45, 7) is 0.638. The molecule has 3 rings (SSSR count). The van der Waals surface area contributed by atoms with Crippen LogP contribution in [0.5, 0.6) is 5.75 Å². The number of hydrogen-bond acceptors (Lipinski definition) is 4. The Labute approximate surface area is 169 Å². The van der Waals surface area contributed by atoms with Crippen molar-refractivity contribution < 1.29 is 24.2 Å². The van der Waals surface area contributed by atoms with Crippen molar-refractivity contribution in [3.8, 4) is 5.75 Å². The summed E-state index contributed by atoms with van der Waals surface area (Å²) in [5, 5.41) is 11.8. The second-order valence-electron chi connectivity index (χ2n) is 6.94. The number of nitrogens with one attached hydrogen (secondary N) is 1. The van der Waals surface area contributed by atoms with Crippen LogP contribution in [-0.4, -0.2) is 36.5 Å². The Morgan fingerprint density at radius 1 is 1.14 bits per heavy atom. The number of ether oxygens (including phenoxy) is 1. The standard InChI is InChI=1S/C22H24N2O5/c1-29-19-11-10-17(14-18(19)24-13-3-2-4-21(24)26)23-20(25)12-7-15-5-8-16(9-6-15)22(27)28/h5-6,8-11,14H,2-4,7,12-13H2,1H3,(H,23,25)(H,27,28). The van der Waals surface area contributed by atoms with Gasteiger partial charge >= 0.3 is 5.97 Å². The summed E-state index contributed by atoms with van der Waals surface area (Å²) < 4.78 is 5.39. The fourth-order valence-electron chi connectivity index (χ4n) is 3.33. The van der Waals surface area contributed by atoms with E-state index in [4.69, 9.17) is 9.84 Å². The van der Waals surface area contributed by atoms with E-state index in [1.807, 2.05) is 0 Å². The van der Waals surface area contributed by atoms with Crippen molar-refractivity contribution in [3.05, 3.63) is 53.6 Å². The minimum absolute atomic E-state index is 0.0582. The summed E-state index contributed by atoms with van der Waals surface area (Å²) in [7, 11) is 1.56. The van der Waals surface area contributed by atoms with Crippen LogP contribution in [0.1, 0.15) is 41.6 Å². The molecular weight excluding hydrogens is 372 g/mol. The van der Waals surface area contributed by atoms with Crippen LogP contribution in [0.15, 0.2) is 42.5 Å². The Hall–Kier alpha value is -3.35. The summed E-state index contributed by atoms with van der Waals surface area (Å²) in [4.78, 5) is 37.2. The molecule has 29 heavy (non-hydrogen) atoms. The molecule has 2 amide bonds. The minimum Gasteiger partial charge on any atom is -0.495 e. The van der Waals surface area contributed by atoms with Crippen LogP contribution in [0.3, 0.4) is 0 Å². The van der Waals surface area contributed by atoms with Crippen LogP contribution in [0.4, 0.5) is 11.4 Å². The molecule has 0 radical (unpaired) electrons. The van der Waals surface area contributed by atoms with E-state index in [2.05, 4.69) is 5.32 Å². The molecule has 7 heteroatoms. The number of aryl methyl sites for hydroxylation is 1. The smallest absolute Gasteiger partial charge is 0.335 e. The normalized spacial score (nSPS) is 13.8. The van der Waals surface area contributed by atoms with E-state index in [9.17, 15) is 14.4 Å². The first-order chi connectivity index (χ1) is 14.0. The number of piperidine rings is 1. The highest BCUT2D eigenvalue weighted by Crippen LogP contribution is 2.33. The van der Waals surface area contributed by atoms with Gasteiger partial charge < -0.3 is 20.1 Å². The van der Waals surface area contributed by atoms with Crippen molar-refractivity contribution in [1.29, 1.82) is 0 Å². The zero-order valence-corrected chi connectivity index (χ0v) is 16.3. The number of rotatable bonds is 7. The molecule has 152 valence electrons. The molecule has 1 aliphatic heterocycles. The predicted octanol–water partition coefficient (Wildman–Crippen LogP) is 3.48. The van der Waals surface area contributed by atoms with Crippen molar-refractivity contribution in [2.24, 2.45) is 0 Å². The van der Waals surface area contributed by atoms with Crippen molar-refractivity contribution >= 4 is 29.2 Å². The Morgan fingerprint density at radius 3 is 2.55 bits per heavy atom. The average Bonchev–Trinajstić information content (AvgIpc) is 2.73. The van der Waals surface area contributed by atoms with Gasteiger partial charge in [-0.1, -0.05) is 12.1 Å². The number of carbonyl (C=O) groups is 3. The first-order valence-corrected chi connectivity index (χ1v) is 9.58. The van der Waals surface area contributed by atoms with Crippen molar-refractivity contribution in [3.63, 3.8) is 0 Å². The lowest BCUT2D eigenvalue weighted by Crippen LogP contribution is -2.35. The van der Waals surface area contributed by atoms with Crippen molar-refractivity contribution in [1.82, 2.24) is 0 Å². The van der Waals surface area contributed by atoms with Crippen LogP contribution in [0.25, 0.3) is 0 Å². The van der Waals surface area contributed by atoms with Gasteiger partial charge in [0.05, 0.1) is 18.4 Å². The summed E-state index contributed by atoms with van der Waals surface area (Å²) in [6, 6.07) is 11.7. The highest BCUT2D eigenvalue weighted by Gasteiger charge is 2.23. The van der Waals surface area contributed by atoms with Gasteiger partial charge in [-0.15, -0.1) is 0 Å². The number of nitrogens with zero attached hydrogens (tertiary/aromatic N) is 1. The molecule has 0 spiro atoms. The maximum absolute atomic E-state index is 12.4. The Kier molecular flexibility index (Phi) is 6.49. The fraction of sp³-hybridized carbons (Fsp3) is 0.318. The van der Waals surface area contributed by atoms with Gasteiger partial charge in [0, 0.05) is 25.1 Å². The molecule has 1 heterocycles. The van der Waals surface area contributed by atoms with Gasteiger partial charge in [0.15, 0.2) is 0 Å². The van der Waals surface area contributed by atoms with Gasteiger partial charge in [-0.25, -0.2) is 4.79 Å². The van der Waals surface area contributed by atoms with Crippen LogP contribution in [0, 0.1) is 0 Å². The maximum Gasteiger partial charge on any atom is 0.335 e. The summed E-state index contributed by atoms with van der Waals surface area (Å²) in [5.41, 5.74) is 2.38. The van der Waals surface area contributed by atoms with E-state index < -0.39 is 5.97 Å². The summed E-state index contributed by atoms with van der Waals surface area (Å²) in [5.74, 6) is -0.482. The molecule has 0 atom stereocenters. The molecule has 0 bridgehead atoms. The largest absolute Gasteiger partial charge is 0.495 e. The Balaban J connectivity index is 1.64. The molecule has 0 aliphatic carbocycles. The van der Waals surface area contributed by atoms with Crippen LogP contribution < -0.4 is 15.0 Å². The number of carboxylic acids is 1. The second-order valence-corrected chi connectivity index (χ2v) is 6.94. The van der Waals surface area contributed by atoms with E-state index in [1.165, 1.54) is 12.1 Å². The Bertz CT molecular complexity index is 908. The number of aromatic carboxylic acids is 1. The van der Waals surface area contributed by atoms with Crippen molar-refractivity contribution in [2.45, 2.75) is 32.1 Å². The van der Waals surface area contributed by atoms with E-state index in [0.717, 1.165) is 18.4 Å². The zero-order chi connectivity index (χ0) is 20.8. The molecule has 1 fully saturated rings. The molecule has 0 aromatic heterocycles. The lowest BCUT2D eigenvalue weighted by Gasteiger charge is -2.28. The van der Waals surface area contributed by atoms with Gasteiger partial charge in [-0.05, 0) is 55.2 Å². The first-order valence-electron chi connectivity index (χ1n) is 9.58. The number of methoxy groups -OCH3 is 1. The maximum atomic E-state index is 12.4. The van der Waals surface area contributed by atoms with Gasteiger partial charge in [0.1, 0.15) is 5.75 Å². The number of anilines is 2. The molecule has 0 saturated carbocycles. The lowest BCUT2D eigenvalue weighted by molar-refractivity contribution is -0.119. The molecular formula is C22H24N2O5. The molecule has 0 unspecified atom stereocenters. The molecule has 2 aromatic rings. The quantitative estimate of drug-likeness (QED) is 0.747. The fourth-order valence-corrected chi connectivity index (χ4v) is 3.33. The Morgan fingerprint density at radius 2 is 1.90 bits per heavy atom. The zero-order valence-electron chi connectivity index (χ0n) is 16.3. The molecule has 1 aliphatic rings.